The van der Waals surface area contributed by atoms with Crippen LogP contribution in [0.15, 0.2) is 0 Å². The van der Waals surface area contributed by atoms with Gasteiger partial charge in [0.05, 0.1) is 37.4 Å². The van der Waals surface area contributed by atoms with Crippen molar-refractivity contribution in [2.24, 2.45) is 46.3 Å². The van der Waals surface area contributed by atoms with Crippen molar-refractivity contribution in [2.45, 2.75) is 110 Å². The number of nitrogens with one attached hydrogen (secondary N) is 1. The lowest BCUT2D eigenvalue weighted by Crippen LogP contribution is -2.65. The van der Waals surface area contributed by atoms with Crippen molar-refractivity contribution in [1.82, 2.24) is 5.32 Å². The molecular formula is C29H49NO7. The van der Waals surface area contributed by atoms with Crippen LogP contribution in [0, 0.1) is 46.3 Å². The molecule has 1 amide bonds. The first-order chi connectivity index (χ1) is 17.4. The summed E-state index contributed by atoms with van der Waals surface area (Å²) in [4.78, 5) is 23.9. The van der Waals surface area contributed by atoms with Crippen LogP contribution in [0.4, 0.5) is 0 Å². The summed E-state index contributed by atoms with van der Waals surface area (Å²) in [6.07, 6.45) is 3.09. The smallest absolute Gasteiger partial charge is 0.307 e. The molecule has 0 radical (unpaired) electrons. The summed E-state index contributed by atoms with van der Waals surface area (Å²) in [5.74, 6) is 0.367. The quantitative estimate of drug-likeness (QED) is 0.308. The highest BCUT2D eigenvalue weighted by atomic mass is 16.5. The molecule has 37 heavy (non-hydrogen) atoms. The second-order valence-electron chi connectivity index (χ2n) is 13.0. The second-order valence-corrected chi connectivity index (χ2v) is 13.0. The zero-order valence-electron chi connectivity index (χ0n) is 23.1. The van der Waals surface area contributed by atoms with Gasteiger partial charge in [-0.3, -0.25) is 9.59 Å². The minimum atomic E-state index is -0.628. The van der Waals surface area contributed by atoms with Gasteiger partial charge in [0.1, 0.15) is 0 Å². The van der Waals surface area contributed by atoms with Gasteiger partial charge in [0, 0.05) is 13.0 Å². The van der Waals surface area contributed by atoms with Gasteiger partial charge in [0.15, 0.2) is 0 Å². The normalized spacial score (nSPS) is 45.8. The molecule has 0 saturated heterocycles. The van der Waals surface area contributed by atoms with E-state index in [9.17, 15) is 30.0 Å². The van der Waals surface area contributed by atoms with Crippen molar-refractivity contribution in [3.05, 3.63) is 0 Å². The van der Waals surface area contributed by atoms with E-state index >= 15 is 0 Å². The van der Waals surface area contributed by atoms with E-state index in [0.29, 0.717) is 45.1 Å². The average Bonchev–Trinajstić information content (AvgIpc) is 3.18. The Hall–Kier alpha value is -1.22. The van der Waals surface area contributed by atoms with Gasteiger partial charge in [-0.15, -0.1) is 0 Å². The molecule has 0 heterocycles. The van der Waals surface area contributed by atoms with Crippen LogP contribution in [0.3, 0.4) is 0 Å². The van der Waals surface area contributed by atoms with Crippen LogP contribution in [0.25, 0.3) is 0 Å². The van der Waals surface area contributed by atoms with Gasteiger partial charge in [-0.05, 0) is 98.2 Å². The van der Waals surface area contributed by atoms with E-state index < -0.39 is 29.8 Å². The van der Waals surface area contributed by atoms with Gasteiger partial charge in [0.2, 0.25) is 5.91 Å². The molecule has 12 atom stereocenters. The molecule has 4 aliphatic carbocycles. The van der Waals surface area contributed by atoms with Crippen LogP contribution < -0.4 is 5.32 Å². The Morgan fingerprint density at radius 3 is 2.35 bits per heavy atom. The first kappa shape index (κ1) is 28.8. The maximum Gasteiger partial charge on any atom is 0.307 e. The molecule has 4 saturated carbocycles. The van der Waals surface area contributed by atoms with E-state index in [0.717, 1.165) is 12.8 Å². The van der Waals surface area contributed by atoms with E-state index in [4.69, 9.17) is 4.74 Å². The number of rotatable bonds is 8. The summed E-state index contributed by atoms with van der Waals surface area (Å²) in [6.45, 7) is 8.85. The lowest BCUT2D eigenvalue weighted by atomic mass is 9.42. The third-order valence-electron chi connectivity index (χ3n) is 11.4. The summed E-state index contributed by atoms with van der Waals surface area (Å²) in [5, 5.41) is 47.3. The number of amides is 1. The molecule has 4 fully saturated rings. The van der Waals surface area contributed by atoms with Crippen LogP contribution in [-0.4, -0.2) is 69.9 Å². The van der Waals surface area contributed by atoms with Crippen LogP contribution in [0.1, 0.15) is 85.5 Å². The Kier molecular flexibility index (Phi) is 8.64. The molecule has 4 rings (SSSR count). The Labute approximate surface area is 221 Å². The van der Waals surface area contributed by atoms with Crippen molar-refractivity contribution in [2.75, 3.05) is 13.2 Å². The molecule has 0 unspecified atom stereocenters. The lowest BCUT2D eigenvalue weighted by Gasteiger charge is -2.64. The number of carbonyl (C=O) groups is 2. The first-order valence-electron chi connectivity index (χ1n) is 14.6. The summed E-state index contributed by atoms with van der Waals surface area (Å²) in [5.41, 5.74) is -0.749. The van der Waals surface area contributed by atoms with Crippen LogP contribution in [-0.2, 0) is 14.3 Å². The van der Waals surface area contributed by atoms with Crippen molar-refractivity contribution in [1.29, 1.82) is 0 Å². The van der Waals surface area contributed by atoms with Crippen LogP contribution in [0.2, 0.25) is 0 Å². The van der Waals surface area contributed by atoms with E-state index in [2.05, 4.69) is 26.1 Å². The molecule has 0 aliphatic heterocycles. The first-order valence-corrected chi connectivity index (χ1v) is 14.6. The minimum absolute atomic E-state index is 0.0241. The maximum absolute atomic E-state index is 12.4. The van der Waals surface area contributed by atoms with E-state index in [1.807, 2.05) is 0 Å². The van der Waals surface area contributed by atoms with Crippen molar-refractivity contribution in [3.8, 4) is 0 Å². The third-order valence-corrected chi connectivity index (χ3v) is 11.4. The molecule has 0 aromatic rings. The summed E-state index contributed by atoms with van der Waals surface area (Å²) in [6, 6.07) is 0. The van der Waals surface area contributed by atoms with E-state index in [1.54, 1.807) is 6.92 Å². The van der Waals surface area contributed by atoms with Crippen molar-refractivity contribution >= 4 is 11.9 Å². The molecule has 212 valence electrons. The van der Waals surface area contributed by atoms with Gasteiger partial charge in [-0.25, -0.2) is 0 Å². The Morgan fingerprint density at radius 1 is 0.946 bits per heavy atom. The molecule has 5 N–H and O–H groups in total. The second kappa shape index (κ2) is 11.1. The summed E-state index contributed by atoms with van der Waals surface area (Å²) in [7, 11) is 0. The number of hydrogen-bond donors (Lipinski definition) is 5. The lowest BCUT2D eigenvalue weighted by molar-refractivity contribution is -0.234. The predicted octanol–water partition coefficient (Wildman–Crippen LogP) is 2.40. The number of aliphatic hydroxyl groups excluding tert-OH is 4. The average molecular weight is 524 g/mol. The highest BCUT2D eigenvalue weighted by Gasteiger charge is 2.67. The molecule has 0 aromatic carbocycles. The highest BCUT2D eigenvalue weighted by Crippen LogP contribution is 2.68. The number of ether oxygens (including phenoxy) is 1. The fourth-order valence-electron chi connectivity index (χ4n) is 9.39. The topological polar surface area (TPSA) is 136 Å². The molecule has 0 bridgehead atoms. The Bertz CT molecular complexity index is 837. The molecule has 0 spiro atoms. The number of esters is 1. The van der Waals surface area contributed by atoms with Gasteiger partial charge in [-0.1, -0.05) is 20.8 Å². The third kappa shape index (κ3) is 5.08. The molecule has 8 heteroatoms. The van der Waals surface area contributed by atoms with Crippen LogP contribution in [0.5, 0.6) is 0 Å². The summed E-state index contributed by atoms with van der Waals surface area (Å²) >= 11 is 0. The number of fused-ring (bicyclic) bond motifs is 5. The SMILES string of the molecule is CCOC(=O)CCNC(=O)CC[C@@H](C)[C@H]1CC[C@H]2[C@@H]3[C@H](O)C[C@@H]4C[C@H](O)C[C@@H](O)[C@]4(C)[C@H]3C[C@H](O)[C@]12C. The largest absolute Gasteiger partial charge is 0.466 e. The molecule has 4 aliphatic rings. The van der Waals surface area contributed by atoms with Gasteiger partial charge in [0.25, 0.3) is 0 Å². The van der Waals surface area contributed by atoms with Gasteiger partial charge >= 0.3 is 5.97 Å². The van der Waals surface area contributed by atoms with Gasteiger partial charge < -0.3 is 30.5 Å². The van der Waals surface area contributed by atoms with Crippen molar-refractivity contribution in [3.63, 3.8) is 0 Å². The maximum atomic E-state index is 12.4. The Balaban J connectivity index is 1.41. The standard InChI is InChI=1S/C29H49NO7/c1-5-37-26(36)10-11-30-25(35)9-6-16(2)19-7-8-20-27-21(15-24(34)29(19,20)4)28(3)17(13-22(27)32)12-18(31)14-23(28)33/h16-24,27,31-34H,5-15H2,1-4H3,(H,30,35)/t16-,17+,18+,19-,20+,21+,22-,23-,24+,27+,28+,29-/m1/s1. The predicted molar refractivity (Wildman–Crippen MR) is 138 cm³/mol. The van der Waals surface area contributed by atoms with Crippen molar-refractivity contribution < 1.29 is 34.8 Å². The zero-order valence-corrected chi connectivity index (χ0v) is 23.1. The zero-order chi connectivity index (χ0) is 27.1. The number of aliphatic hydroxyl groups is 4. The fourth-order valence-corrected chi connectivity index (χ4v) is 9.39. The fraction of sp³-hybridized carbons (Fsp3) is 0.931. The van der Waals surface area contributed by atoms with Crippen LogP contribution >= 0.6 is 0 Å². The molecule has 0 aromatic heterocycles. The van der Waals surface area contributed by atoms with Gasteiger partial charge in [-0.2, -0.15) is 0 Å². The van der Waals surface area contributed by atoms with E-state index in [-0.39, 0.29) is 65.8 Å². The summed E-state index contributed by atoms with van der Waals surface area (Å²) < 4.78 is 4.90. The number of carbonyl (C=O) groups excluding carboxylic acids is 2. The monoisotopic (exact) mass is 523 g/mol. The molecule has 8 nitrogen and oxygen atoms in total. The Morgan fingerprint density at radius 2 is 1.65 bits per heavy atom. The number of hydrogen-bond acceptors (Lipinski definition) is 7. The highest BCUT2D eigenvalue weighted by molar-refractivity contribution is 5.77. The van der Waals surface area contributed by atoms with E-state index in [1.165, 1.54) is 0 Å². The minimum Gasteiger partial charge on any atom is -0.466 e. The molecular weight excluding hydrogens is 474 g/mol.